The maximum atomic E-state index is 5.97. The molecule has 1 unspecified atom stereocenters. The Morgan fingerprint density at radius 1 is 1.40 bits per heavy atom. The Hall–Kier alpha value is -1.82. The number of nitrogens with zero attached hydrogens (tertiary/aromatic N) is 5. The van der Waals surface area contributed by atoms with Crippen molar-refractivity contribution in [2.75, 3.05) is 0 Å². The van der Waals surface area contributed by atoms with E-state index in [4.69, 9.17) is 5.73 Å². The van der Waals surface area contributed by atoms with Crippen LogP contribution in [-0.2, 0) is 13.5 Å². The van der Waals surface area contributed by atoms with Crippen LogP contribution in [0.15, 0.2) is 24.9 Å². The number of hydrogen-bond acceptors (Lipinski definition) is 5. The van der Waals surface area contributed by atoms with Crippen LogP contribution in [-0.4, -0.2) is 24.7 Å². The monoisotopic (exact) mass is 204 g/mol. The van der Waals surface area contributed by atoms with E-state index in [9.17, 15) is 0 Å². The molecule has 0 aromatic carbocycles. The van der Waals surface area contributed by atoms with Crippen LogP contribution >= 0.6 is 0 Å². The van der Waals surface area contributed by atoms with Crippen molar-refractivity contribution in [3.63, 3.8) is 0 Å². The van der Waals surface area contributed by atoms with Crippen molar-refractivity contribution in [1.29, 1.82) is 0 Å². The lowest BCUT2D eigenvalue weighted by atomic mass is 10.1. The molecule has 78 valence electrons. The molecule has 2 heterocycles. The molecule has 1 atom stereocenters. The highest BCUT2D eigenvalue weighted by molar-refractivity contribution is 5.04. The minimum atomic E-state index is -0.193. The highest BCUT2D eigenvalue weighted by Crippen LogP contribution is 2.09. The summed E-state index contributed by atoms with van der Waals surface area (Å²) >= 11 is 0. The van der Waals surface area contributed by atoms with Crippen LogP contribution in [0.3, 0.4) is 0 Å². The van der Waals surface area contributed by atoms with Gasteiger partial charge in [0.15, 0.2) is 0 Å². The third-order valence-corrected chi connectivity index (χ3v) is 2.17. The van der Waals surface area contributed by atoms with Gasteiger partial charge in [-0.2, -0.15) is 5.10 Å². The number of nitrogens with two attached hydrogens (primary N) is 1. The van der Waals surface area contributed by atoms with E-state index in [0.717, 1.165) is 11.5 Å². The molecule has 0 saturated carbocycles. The first-order chi connectivity index (χ1) is 7.27. The molecule has 0 saturated heterocycles. The molecule has 0 amide bonds. The molecule has 0 radical (unpaired) electrons. The fourth-order valence-electron chi connectivity index (χ4n) is 1.31. The Morgan fingerprint density at radius 2 is 2.27 bits per heavy atom. The summed E-state index contributed by atoms with van der Waals surface area (Å²) in [6.07, 6.45) is 7.04. The maximum absolute atomic E-state index is 5.97. The lowest BCUT2D eigenvalue weighted by Crippen LogP contribution is -2.17. The highest BCUT2D eigenvalue weighted by Gasteiger charge is 2.11. The van der Waals surface area contributed by atoms with Crippen LogP contribution in [0, 0.1) is 0 Å². The summed E-state index contributed by atoms with van der Waals surface area (Å²) in [7, 11) is 1.84. The molecule has 2 N–H and O–H groups in total. The van der Waals surface area contributed by atoms with Crippen LogP contribution in [0.1, 0.15) is 17.6 Å². The summed E-state index contributed by atoms with van der Waals surface area (Å²) in [4.78, 5) is 12.2. The molecular formula is C9H12N6. The van der Waals surface area contributed by atoms with E-state index < -0.39 is 0 Å². The van der Waals surface area contributed by atoms with Crippen molar-refractivity contribution in [3.05, 3.63) is 36.4 Å². The van der Waals surface area contributed by atoms with Gasteiger partial charge in [0.05, 0.1) is 11.7 Å². The molecule has 0 aliphatic carbocycles. The second-order valence-electron chi connectivity index (χ2n) is 3.24. The summed E-state index contributed by atoms with van der Waals surface area (Å²) in [5.74, 6) is 0.841. The molecule has 6 heteroatoms. The molecule has 2 aromatic rings. The predicted octanol–water partition coefficient (Wildman–Crippen LogP) is -0.152. The first-order valence-electron chi connectivity index (χ1n) is 4.61. The Kier molecular flexibility index (Phi) is 2.68. The quantitative estimate of drug-likeness (QED) is 0.751. The van der Waals surface area contributed by atoms with Crippen LogP contribution in [0.4, 0.5) is 0 Å². The van der Waals surface area contributed by atoms with Gasteiger partial charge >= 0.3 is 0 Å². The van der Waals surface area contributed by atoms with E-state index in [1.54, 1.807) is 23.3 Å². The van der Waals surface area contributed by atoms with Crippen molar-refractivity contribution in [1.82, 2.24) is 24.7 Å². The van der Waals surface area contributed by atoms with E-state index in [1.165, 1.54) is 6.33 Å². The second-order valence-corrected chi connectivity index (χ2v) is 3.24. The van der Waals surface area contributed by atoms with Gasteiger partial charge in [-0.05, 0) is 0 Å². The molecule has 0 spiro atoms. The topological polar surface area (TPSA) is 82.5 Å². The SMILES string of the molecule is Cn1ncnc1CC(N)c1cnccn1. The standard InChI is InChI=1S/C9H12N6/c1-15-9(13-6-14-15)4-7(10)8-5-11-2-3-12-8/h2-3,5-7H,4,10H2,1H3. The third kappa shape index (κ3) is 2.16. The van der Waals surface area contributed by atoms with Crippen LogP contribution in [0.25, 0.3) is 0 Å². The summed E-state index contributed by atoms with van der Waals surface area (Å²) in [5.41, 5.74) is 6.74. The molecule has 2 aromatic heterocycles. The Morgan fingerprint density at radius 3 is 2.87 bits per heavy atom. The molecule has 0 fully saturated rings. The second kappa shape index (κ2) is 4.14. The lowest BCUT2D eigenvalue weighted by Gasteiger charge is -2.09. The van der Waals surface area contributed by atoms with Gasteiger partial charge in [0.25, 0.3) is 0 Å². The van der Waals surface area contributed by atoms with Crippen LogP contribution in [0.2, 0.25) is 0 Å². The van der Waals surface area contributed by atoms with Crippen LogP contribution in [0.5, 0.6) is 0 Å². The minimum Gasteiger partial charge on any atom is -0.322 e. The zero-order valence-corrected chi connectivity index (χ0v) is 8.41. The van der Waals surface area contributed by atoms with Gasteiger partial charge in [-0.1, -0.05) is 0 Å². The Labute approximate surface area is 87.2 Å². The number of hydrogen-bond donors (Lipinski definition) is 1. The molecular weight excluding hydrogens is 192 g/mol. The largest absolute Gasteiger partial charge is 0.322 e. The fourth-order valence-corrected chi connectivity index (χ4v) is 1.31. The summed E-state index contributed by atoms with van der Waals surface area (Å²) in [6.45, 7) is 0. The predicted molar refractivity (Wildman–Crippen MR) is 53.7 cm³/mol. The third-order valence-electron chi connectivity index (χ3n) is 2.17. The van der Waals surface area contributed by atoms with E-state index >= 15 is 0 Å². The van der Waals surface area contributed by atoms with Crippen molar-refractivity contribution in [3.8, 4) is 0 Å². The van der Waals surface area contributed by atoms with Crippen molar-refractivity contribution in [2.45, 2.75) is 12.5 Å². The van der Waals surface area contributed by atoms with Gasteiger partial charge in [-0.25, -0.2) is 4.98 Å². The molecule has 15 heavy (non-hydrogen) atoms. The van der Waals surface area contributed by atoms with Gasteiger partial charge in [0.1, 0.15) is 12.2 Å². The first kappa shape index (κ1) is 9.72. The Bertz CT molecular complexity index is 423. The van der Waals surface area contributed by atoms with E-state index in [1.807, 2.05) is 7.05 Å². The summed E-state index contributed by atoms with van der Waals surface area (Å²) in [6, 6.07) is -0.193. The fraction of sp³-hybridized carbons (Fsp3) is 0.333. The minimum absolute atomic E-state index is 0.193. The van der Waals surface area contributed by atoms with E-state index in [-0.39, 0.29) is 6.04 Å². The zero-order chi connectivity index (χ0) is 10.7. The zero-order valence-electron chi connectivity index (χ0n) is 8.41. The van der Waals surface area contributed by atoms with Gasteiger partial charge in [-0.15, -0.1) is 0 Å². The highest BCUT2D eigenvalue weighted by atomic mass is 15.3. The number of aromatic nitrogens is 5. The molecule has 0 aliphatic heterocycles. The van der Waals surface area contributed by atoms with E-state index in [2.05, 4.69) is 20.1 Å². The van der Waals surface area contributed by atoms with Gasteiger partial charge in [0.2, 0.25) is 0 Å². The maximum Gasteiger partial charge on any atom is 0.138 e. The smallest absolute Gasteiger partial charge is 0.138 e. The van der Waals surface area contributed by atoms with Crippen molar-refractivity contribution in [2.24, 2.45) is 12.8 Å². The Balaban J connectivity index is 2.11. The normalized spacial score (nSPS) is 12.7. The van der Waals surface area contributed by atoms with Gasteiger partial charge in [-0.3, -0.25) is 14.6 Å². The van der Waals surface area contributed by atoms with Gasteiger partial charge in [0, 0.05) is 32.1 Å². The molecule has 2 rings (SSSR count). The number of aryl methyl sites for hydroxylation is 1. The number of rotatable bonds is 3. The van der Waals surface area contributed by atoms with Crippen molar-refractivity contribution >= 4 is 0 Å². The first-order valence-corrected chi connectivity index (χ1v) is 4.61. The average molecular weight is 204 g/mol. The molecule has 0 bridgehead atoms. The van der Waals surface area contributed by atoms with Crippen LogP contribution < -0.4 is 5.73 Å². The van der Waals surface area contributed by atoms with Gasteiger partial charge < -0.3 is 5.73 Å². The summed E-state index contributed by atoms with van der Waals surface area (Å²) < 4.78 is 1.70. The summed E-state index contributed by atoms with van der Waals surface area (Å²) in [5, 5.41) is 3.98. The average Bonchev–Trinajstić information content (AvgIpc) is 2.66. The van der Waals surface area contributed by atoms with Crippen molar-refractivity contribution < 1.29 is 0 Å². The van der Waals surface area contributed by atoms with E-state index in [0.29, 0.717) is 6.42 Å². The molecule has 6 nitrogen and oxygen atoms in total. The lowest BCUT2D eigenvalue weighted by molar-refractivity contribution is 0.616. The molecule has 0 aliphatic rings.